The fourth-order valence-corrected chi connectivity index (χ4v) is 4.12. The third-order valence-electron chi connectivity index (χ3n) is 5.51. The molecule has 0 amide bonds. The lowest BCUT2D eigenvalue weighted by Gasteiger charge is -2.30. The maximum Gasteiger partial charge on any atom is 0.166 e. The van der Waals surface area contributed by atoms with E-state index in [4.69, 9.17) is 12.2 Å². The van der Waals surface area contributed by atoms with Crippen LogP contribution >= 0.6 is 12.2 Å². The number of hydrogen-bond acceptors (Lipinski definition) is 2. The lowest BCUT2D eigenvalue weighted by molar-refractivity contribution is 0.308. The van der Waals surface area contributed by atoms with Crippen LogP contribution in [0.5, 0.6) is 0 Å². The summed E-state index contributed by atoms with van der Waals surface area (Å²) in [5.41, 5.74) is 2.71. The second kappa shape index (κ2) is 8.82. The fraction of sp³-hybridized carbons (Fsp3) is 0.650. The summed E-state index contributed by atoms with van der Waals surface area (Å²) < 4.78 is 0. The maximum absolute atomic E-state index is 5.48. The topological polar surface area (TPSA) is 27.3 Å². The number of benzene rings is 1. The molecular formula is C20H31N3S. The van der Waals surface area contributed by atoms with E-state index in [1.54, 1.807) is 0 Å². The first kappa shape index (κ1) is 17.7. The molecule has 3 nitrogen and oxygen atoms in total. The zero-order chi connectivity index (χ0) is 16.8. The number of nitrogens with one attached hydrogen (secondary N) is 2. The van der Waals surface area contributed by atoms with Gasteiger partial charge in [0.05, 0.1) is 0 Å². The van der Waals surface area contributed by atoms with Gasteiger partial charge in [-0.15, -0.1) is 0 Å². The van der Waals surface area contributed by atoms with E-state index in [1.165, 1.54) is 62.7 Å². The SMILES string of the molecule is C[C@@H]1CCCC[C@H]1NC(=S)NCc1ccc(CN2CCCC2)cc1. The lowest BCUT2D eigenvalue weighted by atomic mass is 9.86. The van der Waals surface area contributed by atoms with Gasteiger partial charge in [-0.3, -0.25) is 4.90 Å². The Kier molecular flexibility index (Phi) is 6.50. The van der Waals surface area contributed by atoms with E-state index in [2.05, 4.69) is 46.7 Å². The summed E-state index contributed by atoms with van der Waals surface area (Å²) in [6, 6.07) is 9.51. The number of hydrogen-bond donors (Lipinski definition) is 2. The summed E-state index contributed by atoms with van der Waals surface area (Å²) in [5.74, 6) is 0.725. The van der Waals surface area contributed by atoms with E-state index in [9.17, 15) is 0 Å². The van der Waals surface area contributed by atoms with Gasteiger partial charge in [-0.1, -0.05) is 44.0 Å². The molecule has 0 radical (unpaired) electrons. The van der Waals surface area contributed by atoms with Crippen molar-refractivity contribution < 1.29 is 0 Å². The standard InChI is InChI=1S/C20H31N3S/c1-16-6-2-3-7-19(16)22-20(24)21-14-17-8-10-18(11-9-17)15-23-12-4-5-13-23/h8-11,16,19H,2-7,12-15H2,1H3,(H2,21,22,24)/t16-,19-/m1/s1. The van der Waals surface area contributed by atoms with Crippen LogP contribution in [-0.2, 0) is 13.1 Å². The molecule has 3 rings (SSSR count). The Morgan fingerprint density at radius 2 is 1.71 bits per heavy atom. The molecule has 1 saturated carbocycles. The highest BCUT2D eigenvalue weighted by molar-refractivity contribution is 7.80. The molecular weight excluding hydrogens is 314 g/mol. The zero-order valence-electron chi connectivity index (χ0n) is 14.9. The van der Waals surface area contributed by atoms with Crippen LogP contribution in [0, 0.1) is 5.92 Å². The molecule has 2 fully saturated rings. The van der Waals surface area contributed by atoms with Crippen LogP contribution in [-0.4, -0.2) is 29.1 Å². The Hall–Kier alpha value is -1.13. The third kappa shape index (κ3) is 5.18. The Morgan fingerprint density at radius 1 is 1.04 bits per heavy atom. The minimum Gasteiger partial charge on any atom is -0.360 e. The molecule has 4 heteroatoms. The monoisotopic (exact) mass is 345 g/mol. The highest BCUT2D eigenvalue weighted by Gasteiger charge is 2.21. The Morgan fingerprint density at radius 3 is 2.42 bits per heavy atom. The minimum atomic E-state index is 0.543. The Labute approximate surface area is 152 Å². The number of rotatable bonds is 5. The molecule has 2 atom stereocenters. The normalized spacial score (nSPS) is 24.7. The number of likely N-dealkylation sites (tertiary alicyclic amines) is 1. The summed E-state index contributed by atoms with van der Waals surface area (Å²) in [6.45, 7) is 6.73. The van der Waals surface area contributed by atoms with E-state index in [-0.39, 0.29) is 0 Å². The van der Waals surface area contributed by atoms with Crippen molar-refractivity contribution in [3.8, 4) is 0 Å². The molecule has 1 heterocycles. The second-order valence-corrected chi connectivity index (χ2v) is 7.90. The van der Waals surface area contributed by atoms with Crippen LogP contribution in [0.2, 0.25) is 0 Å². The van der Waals surface area contributed by atoms with Gasteiger partial charge in [0.15, 0.2) is 5.11 Å². The Bertz CT molecular complexity index is 522. The average Bonchev–Trinajstić information content (AvgIpc) is 3.09. The lowest BCUT2D eigenvalue weighted by Crippen LogP contribution is -2.45. The molecule has 0 bridgehead atoms. The van der Waals surface area contributed by atoms with Gasteiger partial charge in [-0.2, -0.15) is 0 Å². The highest BCUT2D eigenvalue weighted by atomic mass is 32.1. The first-order valence-electron chi connectivity index (χ1n) is 9.55. The van der Waals surface area contributed by atoms with Gasteiger partial charge in [0.2, 0.25) is 0 Å². The molecule has 0 spiro atoms. The fourth-order valence-electron chi connectivity index (χ4n) is 3.89. The highest BCUT2D eigenvalue weighted by Crippen LogP contribution is 2.23. The van der Waals surface area contributed by atoms with E-state index in [0.29, 0.717) is 6.04 Å². The molecule has 1 aromatic carbocycles. The second-order valence-electron chi connectivity index (χ2n) is 7.50. The average molecular weight is 346 g/mol. The summed E-state index contributed by atoms with van der Waals surface area (Å²) in [5, 5.41) is 7.68. The van der Waals surface area contributed by atoms with Crippen LogP contribution in [0.25, 0.3) is 0 Å². The quantitative estimate of drug-likeness (QED) is 0.793. The van der Waals surface area contributed by atoms with Crippen molar-refractivity contribution in [1.82, 2.24) is 15.5 Å². The zero-order valence-corrected chi connectivity index (χ0v) is 15.7. The summed E-state index contributed by atoms with van der Waals surface area (Å²) in [4.78, 5) is 2.54. The van der Waals surface area contributed by atoms with Crippen LogP contribution in [0.1, 0.15) is 56.6 Å². The Balaban J connectivity index is 1.41. The van der Waals surface area contributed by atoms with Crippen LogP contribution in [0.4, 0.5) is 0 Å². The summed E-state index contributed by atoms with van der Waals surface area (Å²) >= 11 is 5.48. The molecule has 2 N–H and O–H groups in total. The van der Waals surface area contributed by atoms with E-state index in [1.807, 2.05) is 0 Å². The molecule has 0 aromatic heterocycles. The first-order valence-corrected chi connectivity index (χ1v) is 9.96. The van der Waals surface area contributed by atoms with Crippen molar-refractivity contribution in [2.24, 2.45) is 5.92 Å². The summed E-state index contributed by atoms with van der Waals surface area (Å²) in [6.07, 6.45) is 7.96. The van der Waals surface area contributed by atoms with Crippen molar-refractivity contribution in [2.75, 3.05) is 13.1 Å². The van der Waals surface area contributed by atoms with Crippen molar-refractivity contribution in [1.29, 1.82) is 0 Å². The predicted molar refractivity (Wildman–Crippen MR) is 105 cm³/mol. The van der Waals surface area contributed by atoms with E-state index < -0.39 is 0 Å². The van der Waals surface area contributed by atoms with Gasteiger partial charge in [-0.25, -0.2) is 0 Å². The molecule has 24 heavy (non-hydrogen) atoms. The van der Waals surface area contributed by atoms with Crippen LogP contribution in [0.3, 0.4) is 0 Å². The molecule has 0 unspecified atom stereocenters. The molecule has 2 aliphatic rings. The van der Waals surface area contributed by atoms with Gasteiger partial charge in [0, 0.05) is 19.1 Å². The molecule has 132 valence electrons. The third-order valence-corrected chi connectivity index (χ3v) is 5.77. The van der Waals surface area contributed by atoms with Crippen molar-refractivity contribution >= 4 is 17.3 Å². The first-order chi connectivity index (χ1) is 11.7. The van der Waals surface area contributed by atoms with Crippen LogP contribution in [0.15, 0.2) is 24.3 Å². The van der Waals surface area contributed by atoms with Gasteiger partial charge >= 0.3 is 0 Å². The molecule has 1 saturated heterocycles. The minimum absolute atomic E-state index is 0.543. The van der Waals surface area contributed by atoms with E-state index >= 15 is 0 Å². The van der Waals surface area contributed by atoms with Crippen molar-refractivity contribution in [3.05, 3.63) is 35.4 Å². The van der Waals surface area contributed by atoms with Gasteiger partial charge in [0.1, 0.15) is 0 Å². The maximum atomic E-state index is 5.48. The van der Waals surface area contributed by atoms with Crippen molar-refractivity contribution in [2.45, 2.75) is 64.6 Å². The molecule has 1 aromatic rings. The van der Waals surface area contributed by atoms with Crippen LogP contribution < -0.4 is 10.6 Å². The van der Waals surface area contributed by atoms with Gasteiger partial charge in [-0.05, 0) is 68.0 Å². The smallest absolute Gasteiger partial charge is 0.166 e. The van der Waals surface area contributed by atoms with E-state index in [0.717, 1.165) is 24.1 Å². The predicted octanol–water partition coefficient (Wildman–Crippen LogP) is 3.83. The van der Waals surface area contributed by atoms with Crippen molar-refractivity contribution in [3.63, 3.8) is 0 Å². The summed E-state index contributed by atoms with van der Waals surface area (Å²) in [7, 11) is 0. The molecule has 1 aliphatic carbocycles. The number of nitrogens with zero attached hydrogens (tertiary/aromatic N) is 1. The van der Waals surface area contributed by atoms with Gasteiger partial charge < -0.3 is 10.6 Å². The largest absolute Gasteiger partial charge is 0.360 e. The molecule has 1 aliphatic heterocycles. The van der Waals surface area contributed by atoms with Gasteiger partial charge in [0.25, 0.3) is 0 Å². The number of thiocarbonyl (C=S) groups is 1.